The summed E-state index contributed by atoms with van der Waals surface area (Å²) >= 11 is 0. The molecule has 1 aromatic heterocycles. The van der Waals surface area contributed by atoms with Crippen molar-refractivity contribution < 1.29 is 4.74 Å². The van der Waals surface area contributed by atoms with Crippen molar-refractivity contribution in [2.24, 2.45) is 0 Å². The van der Waals surface area contributed by atoms with Crippen molar-refractivity contribution in [3.8, 4) is 5.75 Å². The first-order valence-corrected chi connectivity index (χ1v) is 7.54. The van der Waals surface area contributed by atoms with Gasteiger partial charge in [0, 0.05) is 6.20 Å². The lowest BCUT2D eigenvalue weighted by molar-refractivity contribution is 0.302. The average Bonchev–Trinajstić information content (AvgIpc) is 3.26. The smallest absolute Gasteiger partial charge is 0.120 e. The highest BCUT2D eigenvalue weighted by atomic mass is 16.5. The van der Waals surface area contributed by atoms with Crippen LogP contribution in [0.25, 0.3) is 0 Å². The van der Waals surface area contributed by atoms with Crippen molar-refractivity contribution in [1.82, 2.24) is 10.3 Å². The Kier molecular flexibility index (Phi) is 3.93. The molecule has 3 heteroatoms. The number of ether oxygens (including phenoxy) is 1. The van der Waals surface area contributed by atoms with Crippen molar-refractivity contribution in [1.29, 1.82) is 0 Å². The quantitative estimate of drug-likeness (QED) is 0.910. The molecular weight excluding hydrogens is 260 g/mol. The van der Waals surface area contributed by atoms with E-state index >= 15 is 0 Å². The van der Waals surface area contributed by atoms with Crippen LogP contribution in [0.15, 0.2) is 36.5 Å². The van der Waals surface area contributed by atoms with Gasteiger partial charge in [0.25, 0.3) is 0 Å². The Balaban J connectivity index is 1.91. The van der Waals surface area contributed by atoms with E-state index in [1.54, 1.807) is 0 Å². The Morgan fingerprint density at radius 2 is 2.05 bits per heavy atom. The highest BCUT2D eigenvalue weighted by Crippen LogP contribution is 2.30. The van der Waals surface area contributed by atoms with Crippen molar-refractivity contribution in [2.45, 2.75) is 38.8 Å². The fourth-order valence-electron chi connectivity index (χ4n) is 2.64. The molecule has 1 heterocycles. The monoisotopic (exact) mass is 282 g/mol. The van der Waals surface area contributed by atoms with E-state index in [1.807, 2.05) is 19.3 Å². The molecule has 110 valence electrons. The van der Waals surface area contributed by atoms with Crippen LogP contribution in [0.4, 0.5) is 0 Å². The summed E-state index contributed by atoms with van der Waals surface area (Å²) in [4.78, 5) is 4.62. The molecule has 1 fully saturated rings. The Labute approximate surface area is 126 Å². The molecule has 1 saturated carbocycles. The van der Waals surface area contributed by atoms with Crippen LogP contribution >= 0.6 is 0 Å². The number of hydrogen-bond acceptors (Lipinski definition) is 3. The Morgan fingerprint density at radius 1 is 1.24 bits per heavy atom. The minimum Gasteiger partial charge on any atom is -0.490 e. The topological polar surface area (TPSA) is 34.1 Å². The van der Waals surface area contributed by atoms with Gasteiger partial charge in [0.05, 0.1) is 17.8 Å². The van der Waals surface area contributed by atoms with Gasteiger partial charge in [-0.05, 0) is 62.6 Å². The summed E-state index contributed by atoms with van der Waals surface area (Å²) in [7, 11) is 1.97. The zero-order chi connectivity index (χ0) is 14.8. The van der Waals surface area contributed by atoms with Crippen LogP contribution in [0.1, 0.15) is 41.3 Å². The van der Waals surface area contributed by atoms with Gasteiger partial charge in [0.1, 0.15) is 5.75 Å². The first kappa shape index (κ1) is 14.1. The van der Waals surface area contributed by atoms with Gasteiger partial charge in [-0.15, -0.1) is 0 Å². The number of benzene rings is 1. The maximum Gasteiger partial charge on any atom is 0.120 e. The second kappa shape index (κ2) is 5.86. The molecule has 21 heavy (non-hydrogen) atoms. The standard InChI is InChI=1S/C18H22N2O/c1-12-9-13(2)17(20-11-12)18(19-3)14-5-4-6-16(10-14)21-15-7-8-15/h4-6,9-11,15,18-19H,7-8H2,1-3H3. The van der Waals surface area contributed by atoms with Crippen molar-refractivity contribution in [3.05, 3.63) is 58.9 Å². The number of hydrogen-bond donors (Lipinski definition) is 1. The van der Waals surface area contributed by atoms with E-state index in [-0.39, 0.29) is 6.04 Å². The van der Waals surface area contributed by atoms with Gasteiger partial charge in [-0.3, -0.25) is 4.98 Å². The maximum absolute atomic E-state index is 5.90. The molecule has 0 saturated heterocycles. The number of aryl methyl sites for hydroxylation is 2. The van der Waals surface area contributed by atoms with Crippen LogP contribution in [-0.2, 0) is 0 Å². The second-order valence-electron chi connectivity index (χ2n) is 5.83. The zero-order valence-corrected chi connectivity index (χ0v) is 12.9. The molecule has 1 aliphatic carbocycles. The zero-order valence-electron chi connectivity index (χ0n) is 12.9. The Bertz CT molecular complexity index is 635. The van der Waals surface area contributed by atoms with E-state index in [0.29, 0.717) is 6.10 Å². The van der Waals surface area contributed by atoms with E-state index in [4.69, 9.17) is 4.74 Å². The molecule has 3 nitrogen and oxygen atoms in total. The summed E-state index contributed by atoms with van der Waals surface area (Å²) in [6, 6.07) is 10.6. The molecule has 0 radical (unpaired) electrons. The summed E-state index contributed by atoms with van der Waals surface area (Å²) in [6.07, 6.45) is 4.71. The largest absolute Gasteiger partial charge is 0.490 e. The molecule has 0 bridgehead atoms. The molecule has 0 spiro atoms. The molecule has 2 aromatic rings. The summed E-state index contributed by atoms with van der Waals surface area (Å²) in [5.74, 6) is 0.958. The Hall–Kier alpha value is -1.87. The number of nitrogens with zero attached hydrogens (tertiary/aromatic N) is 1. The third-order valence-electron chi connectivity index (χ3n) is 3.84. The molecule has 1 unspecified atom stereocenters. The maximum atomic E-state index is 5.90. The van der Waals surface area contributed by atoms with Crippen LogP contribution in [0.5, 0.6) is 5.75 Å². The predicted octanol–water partition coefficient (Wildman–Crippen LogP) is 3.55. The molecule has 1 aliphatic rings. The highest BCUT2D eigenvalue weighted by Gasteiger charge is 2.24. The lowest BCUT2D eigenvalue weighted by Gasteiger charge is -2.19. The third-order valence-corrected chi connectivity index (χ3v) is 3.84. The number of rotatable bonds is 5. The molecule has 3 rings (SSSR count). The lowest BCUT2D eigenvalue weighted by atomic mass is 9.99. The summed E-state index contributed by atoms with van der Waals surface area (Å²) in [5.41, 5.74) is 4.67. The van der Waals surface area contributed by atoms with E-state index in [0.717, 1.165) is 11.4 Å². The third kappa shape index (κ3) is 3.24. The molecular formula is C18H22N2O. The van der Waals surface area contributed by atoms with Gasteiger partial charge in [0.2, 0.25) is 0 Å². The molecule has 1 atom stereocenters. The van der Waals surface area contributed by atoms with Crippen LogP contribution in [0.2, 0.25) is 0 Å². The summed E-state index contributed by atoms with van der Waals surface area (Å²) in [5, 5.41) is 3.37. The normalized spacial score (nSPS) is 15.8. The molecule has 0 amide bonds. The van der Waals surface area contributed by atoms with Gasteiger partial charge in [-0.2, -0.15) is 0 Å². The minimum absolute atomic E-state index is 0.0911. The van der Waals surface area contributed by atoms with Crippen LogP contribution in [-0.4, -0.2) is 18.1 Å². The van der Waals surface area contributed by atoms with E-state index in [2.05, 4.69) is 48.4 Å². The van der Waals surface area contributed by atoms with Crippen LogP contribution in [0, 0.1) is 13.8 Å². The number of pyridine rings is 1. The van der Waals surface area contributed by atoms with E-state index in [9.17, 15) is 0 Å². The van der Waals surface area contributed by atoms with Crippen molar-refractivity contribution >= 4 is 0 Å². The van der Waals surface area contributed by atoms with Crippen molar-refractivity contribution in [3.63, 3.8) is 0 Å². The van der Waals surface area contributed by atoms with Gasteiger partial charge in [0.15, 0.2) is 0 Å². The molecule has 1 N–H and O–H groups in total. The van der Waals surface area contributed by atoms with Gasteiger partial charge < -0.3 is 10.1 Å². The van der Waals surface area contributed by atoms with Crippen LogP contribution < -0.4 is 10.1 Å². The van der Waals surface area contributed by atoms with Gasteiger partial charge >= 0.3 is 0 Å². The number of nitrogens with one attached hydrogen (secondary N) is 1. The van der Waals surface area contributed by atoms with Crippen molar-refractivity contribution in [2.75, 3.05) is 7.05 Å². The first-order chi connectivity index (χ1) is 10.2. The van der Waals surface area contributed by atoms with Gasteiger partial charge in [-0.25, -0.2) is 0 Å². The summed E-state index contributed by atoms with van der Waals surface area (Å²) in [6.45, 7) is 4.19. The fourth-order valence-corrected chi connectivity index (χ4v) is 2.64. The molecule has 1 aromatic carbocycles. The Morgan fingerprint density at radius 3 is 2.71 bits per heavy atom. The first-order valence-electron chi connectivity index (χ1n) is 7.54. The number of aromatic nitrogens is 1. The second-order valence-corrected chi connectivity index (χ2v) is 5.83. The minimum atomic E-state index is 0.0911. The lowest BCUT2D eigenvalue weighted by Crippen LogP contribution is -2.20. The van der Waals surface area contributed by atoms with Crippen LogP contribution in [0.3, 0.4) is 0 Å². The van der Waals surface area contributed by atoms with Gasteiger partial charge in [-0.1, -0.05) is 18.2 Å². The SMILES string of the molecule is CNC(c1cccc(OC2CC2)c1)c1ncc(C)cc1C. The van der Waals surface area contributed by atoms with E-state index < -0.39 is 0 Å². The predicted molar refractivity (Wildman–Crippen MR) is 84.7 cm³/mol. The fraction of sp³-hybridized carbons (Fsp3) is 0.389. The average molecular weight is 282 g/mol. The molecule has 0 aliphatic heterocycles. The highest BCUT2D eigenvalue weighted by molar-refractivity contribution is 5.37. The summed E-state index contributed by atoms with van der Waals surface area (Å²) < 4.78 is 5.90. The van der Waals surface area contributed by atoms with E-state index in [1.165, 1.54) is 29.5 Å².